The number of esters is 1. The second kappa shape index (κ2) is 6.64. The summed E-state index contributed by atoms with van der Waals surface area (Å²) in [5.74, 6) is -0.375. The molecular formula is C26H19NO4. The van der Waals surface area contributed by atoms with Crippen molar-refractivity contribution in [2.75, 3.05) is 4.90 Å². The van der Waals surface area contributed by atoms with Crippen molar-refractivity contribution in [2.45, 2.75) is 6.42 Å². The van der Waals surface area contributed by atoms with Crippen LogP contribution < -0.4 is 9.64 Å². The Morgan fingerprint density at radius 3 is 2.16 bits per heavy atom. The number of carbonyl (C=O) groups excluding carboxylic acids is 3. The summed E-state index contributed by atoms with van der Waals surface area (Å²) in [6.45, 7) is 0. The van der Waals surface area contributed by atoms with Crippen LogP contribution in [0.15, 0.2) is 78.9 Å². The fourth-order valence-corrected chi connectivity index (χ4v) is 5.35. The maximum atomic E-state index is 13.0. The number of nitrogens with zero attached hydrogens (tertiary/aromatic N) is 1. The lowest BCUT2D eigenvalue weighted by Gasteiger charge is -2.17. The van der Waals surface area contributed by atoms with E-state index in [1.165, 1.54) is 4.90 Å². The lowest BCUT2D eigenvalue weighted by atomic mass is 9.85. The fourth-order valence-electron chi connectivity index (χ4n) is 5.35. The number of anilines is 1. The number of ether oxygens (including phenoxy) is 1. The third kappa shape index (κ3) is 2.66. The van der Waals surface area contributed by atoms with Crippen molar-refractivity contribution in [3.05, 3.63) is 84.4 Å². The van der Waals surface area contributed by atoms with Crippen molar-refractivity contribution in [2.24, 2.45) is 23.7 Å². The Labute approximate surface area is 178 Å². The van der Waals surface area contributed by atoms with Crippen LogP contribution in [0.4, 0.5) is 5.69 Å². The lowest BCUT2D eigenvalue weighted by molar-refractivity contribution is -0.123. The minimum absolute atomic E-state index is 0.127. The monoisotopic (exact) mass is 409 g/mol. The van der Waals surface area contributed by atoms with Gasteiger partial charge in [-0.05, 0) is 54.0 Å². The Balaban J connectivity index is 1.24. The van der Waals surface area contributed by atoms with Crippen LogP contribution in [0.5, 0.6) is 5.75 Å². The molecule has 31 heavy (non-hydrogen) atoms. The highest BCUT2D eigenvalue weighted by Gasteiger charge is 2.59. The molecule has 3 aromatic rings. The first-order valence-electron chi connectivity index (χ1n) is 10.5. The molecule has 5 heteroatoms. The zero-order valence-electron chi connectivity index (χ0n) is 16.6. The Bertz CT molecular complexity index is 1240. The molecule has 2 aliphatic carbocycles. The molecule has 2 amide bonds. The highest BCUT2D eigenvalue weighted by molar-refractivity contribution is 6.22. The molecular weight excluding hydrogens is 390 g/mol. The van der Waals surface area contributed by atoms with Crippen molar-refractivity contribution < 1.29 is 19.1 Å². The van der Waals surface area contributed by atoms with Crippen LogP contribution in [0.2, 0.25) is 0 Å². The Kier molecular flexibility index (Phi) is 3.87. The Hall–Kier alpha value is -3.73. The number of benzene rings is 3. The largest absolute Gasteiger partial charge is 0.422 e. The number of amides is 2. The maximum absolute atomic E-state index is 13.0. The van der Waals surface area contributed by atoms with E-state index in [-0.39, 0.29) is 35.5 Å². The average Bonchev–Trinajstić information content (AvgIpc) is 3.48. The first kappa shape index (κ1) is 18.1. The van der Waals surface area contributed by atoms with Gasteiger partial charge in [0.05, 0.1) is 23.1 Å². The van der Waals surface area contributed by atoms with E-state index in [0.29, 0.717) is 17.0 Å². The average molecular weight is 409 g/mol. The van der Waals surface area contributed by atoms with Gasteiger partial charge in [-0.2, -0.15) is 0 Å². The molecule has 6 rings (SSSR count). The summed E-state index contributed by atoms with van der Waals surface area (Å²) < 4.78 is 5.62. The third-order valence-corrected chi connectivity index (χ3v) is 6.78. The van der Waals surface area contributed by atoms with Gasteiger partial charge in [-0.15, -0.1) is 0 Å². The number of fused-ring (bicyclic) bond motifs is 6. The second-order valence-electron chi connectivity index (χ2n) is 8.43. The highest BCUT2D eigenvalue weighted by Crippen LogP contribution is 2.53. The van der Waals surface area contributed by atoms with Crippen LogP contribution in [0.3, 0.4) is 0 Å². The van der Waals surface area contributed by atoms with Gasteiger partial charge in [0.2, 0.25) is 11.8 Å². The summed E-state index contributed by atoms with van der Waals surface area (Å²) in [6, 6.07) is 19.8. The molecule has 0 radical (unpaired) electrons. The van der Waals surface area contributed by atoms with Crippen LogP contribution in [-0.4, -0.2) is 17.8 Å². The van der Waals surface area contributed by atoms with E-state index >= 15 is 0 Å². The van der Waals surface area contributed by atoms with Crippen molar-refractivity contribution in [1.29, 1.82) is 0 Å². The van der Waals surface area contributed by atoms with E-state index in [0.717, 1.165) is 17.2 Å². The van der Waals surface area contributed by atoms with Crippen LogP contribution in [0.1, 0.15) is 16.8 Å². The number of hydrogen-bond donors (Lipinski definition) is 0. The number of allylic oxidation sites excluding steroid dienone is 2. The Morgan fingerprint density at radius 1 is 0.806 bits per heavy atom. The van der Waals surface area contributed by atoms with Gasteiger partial charge >= 0.3 is 5.97 Å². The predicted octanol–water partition coefficient (Wildman–Crippen LogP) is 4.37. The molecule has 1 saturated carbocycles. The standard InChI is InChI=1S/C26H19NO4/c28-24-22-17-8-9-18(14-17)23(22)25(29)27(24)19-12-10-16(11-13-19)26(30)31-21-7-3-5-15-4-1-2-6-20(15)21/h1-13,17-18,22-23H,14H2/t17-,18-,22+,23+/m1/s1. The number of rotatable bonds is 3. The van der Waals surface area contributed by atoms with Gasteiger partial charge in [0, 0.05) is 5.39 Å². The summed E-state index contributed by atoms with van der Waals surface area (Å²) in [5.41, 5.74) is 0.864. The zero-order chi connectivity index (χ0) is 21.1. The zero-order valence-corrected chi connectivity index (χ0v) is 16.6. The minimum Gasteiger partial charge on any atom is -0.422 e. The van der Waals surface area contributed by atoms with Gasteiger partial charge in [-0.1, -0.05) is 48.6 Å². The minimum atomic E-state index is -0.485. The lowest BCUT2D eigenvalue weighted by Crippen LogP contribution is -2.32. The van der Waals surface area contributed by atoms with Crippen molar-refractivity contribution in [1.82, 2.24) is 0 Å². The molecule has 152 valence electrons. The predicted molar refractivity (Wildman–Crippen MR) is 116 cm³/mol. The molecule has 2 bridgehead atoms. The maximum Gasteiger partial charge on any atom is 0.343 e. The summed E-state index contributed by atoms with van der Waals surface area (Å²) in [5, 5.41) is 1.85. The van der Waals surface area contributed by atoms with Crippen molar-refractivity contribution >= 4 is 34.2 Å². The van der Waals surface area contributed by atoms with Crippen LogP contribution >= 0.6 is 0 Å². The van der Waals surface area contributed by atoms with Crippen LogP contribution in [0, 0.1) is 23.7 Å². The smallest absolute Gasteiger partial charge is 0.343 e. The third-order valence-electron chi connectivity index (χ3n) is 6.78. The van der Waals surface area contributed by atoms with Gasteiger partial charge < -0.3 is 4.74 Å². The fraction of sp³-hybridized carbons (Fsp3) is 0.192. The van der Waals surface area contributed by atoms with Gasteiger partial charge in [-0.3, -0.25) is 14.5 Å². The molecule has 4 atom stereocenters. The van der Waals surface area contributed by atoms with Crippen molar-refractivity contribution in [3.63, 3.8) is 0 Å². The molecule has 0 spiro atoms. The SMILES string of the molecule is O=C(Oc1cccc2ccccc12)c1ccc(N2C(=O)[C@@H]3[C@@H](C2=O)[C@@H]2C=C[C@@H]3C2)cc1. The van der Waals surface area contributed by atoms with E-state index in [1.54, 1.807) is 30.3 Å². The second-order valence-corrected chi connectivity index (χ2v) is 8.43. The summed E-state index contributed by atoms with van der Waals surface area (Å²) in [7, 11) is 0. The van der Waals surface area contributed by atoms with Gasteiger partial charge in [-0.25, -0.2) is 4.79 Å². The number of hydrogen-bond acceptors (Lipinski definition) is 4. The quantitative estimate of drug-likeness (QED) is 0.279. The molecule has 1 heterocycles. The number of carbonyl (C=O) groups is 3. The molecule has 0 unspecified atom stereocenters. The normalized spacial score (nSPS) is 26.0. The number of imide groups is 1. The van der Waals surface area contributed by atoms with Crippen LogP contribution in [0.25, 0.3) is 10.8 Å². The van der Waals surface area contributed by atoms with Gasteiger partial charge in [0.1, 0.15) is 5.75 Å². The molecule has 0 aromatic heterocycles. The molecule has 3 aromatic carbocycles. The molecule has 0 N–H and O–H groups in total. The first-order valence-corrected chi connectivity index (χ1v) is 10.5. The summed E-state index contributed by atoms with van der Waals surface area (Å²) in [6.07, 6.45) is 5.05. The van der Waals surface area contributed by atoms with E-state index in [1.807, 2.05) is 36.4 Å². The van der Waals surface area contributed by atoms with Crippen LogP contribution in [-0.2, 0) is 9.59 Å². The highest BCUT2D eigenvalue weighted by atomic mass is 16.5. The molecule has 2 fully saturated rings. The van der Waals surface area contributed by atoms with E-state index in [4.69, 9.17) is 4.74 Å². The topological polar surface area (TPSA) is 63.7 Å². The first-order chi connectivity index (χ1) is 15.1. The molecule has 1 saturated heterocycles. The Morgan fingerprint density at radius 2 is 1.45 bits per heavy atom. The van der Waals surface area contributed by atoms with E-state index in [9.17, 15) is 14.4 Å². The summed E-state index contributed by atoms with van der Waals surface area (Å²) >= 11 is 0. The molecule has 1 aliphatic heterocycles. The van der Waals surface area contributed by atoms with Crippen molar-refractivity contribution in [3.8, 4) is 5.75 Å². The van der Waals surface area contributed by atoms with E-state index in [2.05, 4.69) is 12.2 Å². The van der Waals surface area contributed by atoms with Gasteiger partial charge in [0.25, 0.3) is 0 Å². The van der Waals surface area contributed by atoms with Gasteiger partial charge in [0.15, 0.2) is 0 Å². The molecule has 3 aliphatic rings. The summed E-state index contributed by atoms with van der Waals surface area (Å²) in [4.78, 5) is 39.9. The van der Waals surface area contributed by atoms with E-state index < -0.39 is 5.97 Å². The molecule has 5 nitrogen and oxygen atoms in total.